The lowest BCUT2D eigenvalue weighted by atomic mass is 9.64. The summed E-state index contributed by atoms with van der Waals surface area (Å²) >= 11 is 0. The lowest BCUT2D eigenvalue weighted by Gasteiger charge is -2.41. The molecule has 90 valence electrons. The van der Waals surface area contributed by atoms with Crippen LogP contribution >= 0.6 is 0 Å². The van der Waals surface area contributed by atoms with Crippen LogP contribution < -0.4 is 0 Å². The molecule has 1 saturated heterocycles. The Morgan fingerprint density at radius 3 is 2.19 bits per heavy atom. The van der Waals surface area contributed by atoms with E-state index >= 15 is 0 Å². The van der Waals surface area contributed by atoms with Crippen molar-refractivity contribution in [1.29, 1.82) is 5.26 Å². The smallest absolute Gasteiger partial charge is 0.153 e. The molecule has 0 aromatic carbocycles. The molecule has 1 N–H and O–H groups in total. The summed E-state index contributed by atoms with van der Waals surface area (Å²) in [7, 11) is -3.15. The fraction of sp³-hybridized carbons (Fsp3) is 0.909. The summed E-state index contributed by atoms with van der Waals surface area (Å²) in [6.07, 6.45) is 4.39. The second kappa shape index (κ2) is 3.71. The van der Waals surface area contributed by atoms with E-state index in [0.717, 1.165) is 19.3 Å². The molecule has 0 spiro atoms. The Morgan fingerprint density at radius 1 is 1.12 bits per heavy atom. The largest absolute Gasteiger partial charge is 0.387 e. The van der Waals surface area contributed by atoms with Gasteiger partial charge in [0.15, 0.2) is 9.84 Å². The molecular formula is C11H17NO3S. The Kier molecular flexibility index (Phi) is 2.75. The molecule has 1 heterocycles. The van der Waals surface area contributed by atoms with Crippen LogP contribution in [0.25, 0.3) is 0 Å². The lowest BCUT2D eigenvalue weighted by molar-refractivity contribution is -0.0509. The van der Waals surface area contributed by atoms with Gasteiger partial charge in [-0.2, -0.15) is 5.26 Å². The van der Waals surface area contributed by atoms with E-state index in [9.17, 15) is 18.8 Å². The highest BCUT2D eigenvalue weighted by atomic mass is 32.2. The van der Waals surface area contributed by atoms with Gasteiger partial charge in [0.2, 0.25) is 0 Å². The molecule has 16 heavy (non-hydrogen) atoms. The van der Waals surface area contributed by atoms with Crippen LogP contribution in [-0.4, -0.2) is 30.6 Å². The molecule has 2 rings (SSSR count). The van der Waals surface area contributed by atoms with Gasteiger partial charge >= 0.3 is 0 Å². The van der Waals surface area contributed by atoms with E-state index in [4.69, 9.17) is 0 Å². The van der Waals surface area contributed by atoms with E-state index < -0.39 is 20.9 Å². The molecule has 0 aromatic heterocycles. The Bertz CT molecular complexity index is 417. The minimum atomic E-state index is -3.15. The van der Waals surface area contributed by atoms with E-state index in [1.54, 1.807) is 0 Å². The van der Waals surface area contributed by atoms with Gasteiger partial charge in [-0.15, -0.1) is 0 Å². The van der Waals surface area contributed by atoms with Gasteiger partial charge in [-0.05, 0) is 19.3 Å². The van der Waals surface area contributed by atoms with E-state index in [-0.39, 0.29) is 17.9 Å². The first-order chi connectivity index (χ1) is 7.43. The fourth-order valence-corrected chi connectivity index (χ4v) is 4.99. The number of rotatable bonds is 1. The average Bonchev–Trinajstić information content (AvgIpc) is 2.55. The van der Waals surface area contributed by atoms with Gasteiger partial charge in [-0.3, -0.25) is 0 Å². The number of hydrogen-bond donors (Lipinski definition) is 1. The monoisotopic (exact) mass is 243 g/mol. The molecule has 1 aliphatic heterocycles. The molecule has 4 nitrogen and oxygen atoms in total. The van der Waals surface area contributed by atoms with Crippen LogP contribution in [0, 0.1) is 16.7 Å². The maximum Gasteiger partial charge on any atom is 0.153 e. The third kappa shape index (κ3) is 1.74. The van der Waals surface area contributed by atoms with Gasteiger partial charge in [0.1, 0.15) is 0 Å². The number of aliphatic hydroxyl groups is 1. The Morgan fingerprint density at radius 2 is 1.75 bits per heavy atom. The first kappa shape index (κ1) is 11.9. The fourth-order valence-electron chi connectivity index (χ4n) is 3.05. The normalized spacial score (nSPS) is 36.8. The van der Waals surface area contributed by atoms with Crippen molar-refractivity contribution >= 4 is 9.84 Å². The van der Waals surface area contributed by atoms with Gasteiger partial charge in [0.25, 0.3) is 0 Å². The maximum atomic E-state index is 11.5. The van der Waals surface area contributed by atoms with Crippen molar-refractivity contribution in [2.45, 2.75) is 44.1 Å². The summed E-state index contributed by atoms with van der Waals surface area (Å²) in [4.78, 5) is 0. The SMILES string of the molecule is N#CC1(C2(O)CCS(=O)(=O)C2)CCCCC1. The Labute approximate surface area is 96.2 Å². The standard InChI is InChI=1S/C11H17NO3S/c12-8-10(4-2-1-3-5-10)11(13)6-7-16(14,15)9-11/h13H,1-7,9H2. The predicted molar refractivity (Wildman–Crippen MR) is 59.4 cm³/mol. The van der Waals surface area contributed by atoms with Gasteiger partial charge in [0, 0.05) is 0 Å². The molecule has 2 aliphatic rings. The number of hydrogen-bond acceptors (Lipinski definition) is 4. The highest BCUT2D eigenvalue weighted by Crippen LogP contribution is 2.48. The zero-order valence-electron chi connectivity index (χ0n) is 9.28. The summed E-state index contributed by atoms with van der Waals surface area (Å²) < 4.78 is 23.0. The van der Waals surface area contributed by atoms with Crippen LogP contribution in [0.3, 0.4) is 0 Å². The molecular weight excluding hydrogens is 226 g/mol. The first-order valence-electron chi connectivity index (χ1n) is 5.77. The zero-order valence-corrected chi connectivity index (χ0v) is 10.1. The van der Waals surface area contributed by atoms with Crippen LogP contribution in [0.2, 0.25) is 0 Å². The van der Waals surface area contributed by atoms with Gasteiger partial charge in [0.05, 0.1) is 28.6 Å². The Hall–Kier alpha value is -0.600. The van der Waals surface area contributed by atoms with Crippen molar-refractivity contribution in [3.8, 4) is 6.07 Å². The first-order valence-corrected chi connectivity index (χ1v) is 7.59. The second-order valence-electron chi connectivity index (χ2n) is 5.13. The topological polar surface area (TPSA) is 78.2 Å². The summed E-state index contributed by atoms with van der Waals surface area (Å²) in [5, 5.41) is 19.8. The van der Waals surface area contributed by atoms with Crippen molar-refractivity contribution < 1.29 is 13.5 Å². The number of nitriles is 1. The average molecular weight is 243 g/mol. The molecule has 1 unspecified atom stereocenters. The van der Waals surface area contributed by atoms with Crippen LogP contribution in [0.5, 0.6) is 0 Å². The lowest BCUT2D eigenvalue weighted by Crippen LogP contribution is -2.49. The predicted octanol–water partition coefficient (Wildman–Crippen LogP) is 1.01. The molecule has 0 radical (unpaired) electrons. The third-order valence-electron chi connectivity index (χ3n) is 4.10. The van der Waals surface area contributed by atoms with Gasteiger partial charge < -0.3 is 5.11 Å². The van der Waals surface area contributed by atoms with Gasteiger partial charge in [-0.25, -0.2) is 8.42 Å². The van der Waals surface area contributed by atoms with Crippen LogP contribution in [0.15, 0.2) is 0 Å². The molecule has 5 heteroatoms. The number of sulfone groups is 1. The second-order valence-corrected chi connectivity index (χ2v) is 7.31. The third-order valence-corrected chi connectivity index (χ3v) is 5.84. The minimum absolute atomic E-state index is 0.0208. The number of nitrogens with zero attached hydrogens (tertiary/aromatic N) is 1. The van der Waals surface area contributed by atoms with Crippen molar-refractivity contribution in [2.24, 2.45) is 5.41 Å². The molecule has 1 aliphatic carbocycles. The maximum absolute atomic E-state index is 11.5. The quantitative estimate of drug-likeness (QED) is 0.745. The van der Waals surface area contributed by atoms with Crippen molar-refractivity contribution in [3.63, 3.8) is 0 Å². The van der Waals surface area contributed by atoms with Crippen molar-refractivity contribution in [1.82, 2.24) is 0 Å². The summed E-state index contributed by atoms with van der Waals surface area (Å²) in [5.74, 6) is -0.208. The van der Waals surface area contributed by atoms with Crippen molar-refractivity contribution in [2.75, 3.05) is 11.5 Å². The zero-order chi connectivity index (χ0) is 11.9. The summed E-state index contributed by atoms with van der Waals surface area (Å²) in [5.41, 5.74) is -2.13. The van der Waals surface area contributed by atoms with Crippen LogP contribution in [0.4, 0.5) is 0 Å². The molecule has 0 aromatic rings. The molecule has 2 fully saturated rings. The Balaban J connectivity index is 2.32. The van der Waals surface area contributed by atoms with E-state index in [1.807, 2.05) is 0 Å². The summed E-state index contributed by atoms with van der Waals surface area (Å²) in [6.45, 7) is 0. The molecule has 1 atom stereocenters. The minimum Gasteiger partial charge on any atom is -0.387 e. The van der Waals surface area contributed by atoms with Gasteiger partial charge in [-0.1, -0.05) is 19.3 Å². The molecule has 0 bridgehead atoms. The molecule has 1 saturated carbocycles. The molecule has 0 amide bonds. The van der Waals surface area contributed by atoms with E-state index in [0.29, 0.717) is 12.8 Å². The van der Waals surface area contributed by atoms with E-state index in [1.165, 1.54) is 0 Å². The van der Waals surface area contributed by atoms with Crippen LogP contribution in [-0.2, 0) is 9.84 Å². The van der Waals surface area contributed by atoms with Crippen LogP contribution in [0.1, 0.15) is 38.5 Å². The van der Waals surface area contributed by atoms with E-state index in [2.05, 4.69) is 6.07 Å². The highest BCUT2D eigenvalue weighted by molar-refractivity contribution is 7.91. The summed E-state index contributed by atoms with van der Waals surface area (Å²) in [6, 6.07) is 2.22. The van der Waals surface area contributed by atoms with Crippen molar-refractivity contribution in [3.05, 3.63) is 0 Å². The highest BCUT2D eigenvalue weighted by Gasteiger charge is 2.56.